The van der Waals surface area contributed by atoms with Crippen LogP contribution in [0.2, 0.25) is 0 Å². The fourth-order valence-corrected chi connectivity index (χ4v) is 9.82. The molecule has 0 saturated carbocycles. The van der Waals surface area contributed by atoms with Crippen LogP contribution in [0.4, 0.5) is 0 Å². The van der Waals surface area contributed by atoms with Gasteiger partial charge < -0.3 is 24.8 Å². The molecule has 0 N–H and O–H groups in total. The first-order valence-corrected chi connectivity index (χ1v) is 21.8. The summed E-state index contributed by atoms with van der Waals surface area (Å²) in [5, 5.41) is 1.49. The summed E-state index contributed by atoms with van der Waals surface area (Å²) in [7, 11) is 0. The minimum Gasteiger partial charge on any atom is -1.00 e. The van der Waals surface area contributed by atoms with Gasteiger partial charge in [0.05, 0.1) is 0 Å². The molecular formula is C51H48Cl6Zr-2. The number of allylic oxidation sites excluding steroid dienone is 8. The molecule has 0 heterocycles. The Labute approximate surface area is 393 Å². The monoisotopic (exact) mass is 960 g/mol. The average molecular weight is 965 g/mol. The second-order valence-corrected chi connectivity index (χ2v) is 20.3. The number of hydrogen-bond donors (Lipinski definition) is 0. The Morgan fingerprint density at radius 2 is 1.12 bits per heavy atom. The minimum atomic E-state index is -0.606. The summed E-state index contributed by atoms with van der Waals surface area (Å²) in [6.45, 7) is 13.9. The largest absolute Gasteiger partial charge is 1.00 e. The van der Waals surface area contributed by atoms with Gasteiger partial charge in [-0.05, 0) is 39.5 Å². The van der Waals surface area contributed by atoms with Crippen molar-refractivity contribution in [3.05, 3.63) is 184 Å². The van der Waals surface area contributed by atoms with E-state index in [1.54, 1.807) is 0 Å². The number of rotatable bonds is 4. The van der Waals surface area contributed by atoms with Gasteiger partial charge in [-0.3, -0.25) is 0 Å². The summed E-state index contributed by atoms with van der Waals surface area (Å²) < 4.78 is 1.04. The van der Waals surface area contributed by atoms with E-state index in [-0.39, 0.29) is 35.6 Å². The van der Waals surface area contributed by atoms with E-state index < -0.39 is 9.75 Å². The predicted molar refractivity (Wildman–Crippen MR) is 241 cm³/mol. The maximum Gasteiger partial charge on any atom is -0.172 e. The predicted octanol–water partition coefficient (Wildman–Crippen LogP) is 9.23. The smallest absolute Gasteiger partial charge is 0.172 e. The number of alkyl halides is 2. The van der Waals surface area contributed by atoms with Crippen molar-refractivity contribution in [3.63, 3.8) is 0 Å². The van der Waals surface area contributed by atoms with Crippen molar-refractivity contribution >= 4 is 49.6 Å². The van der Waals surface area contributed by atoms with E-state index in [2.05, 4.69) is 126 Å². The zero-order valence-corrected chi connectivity index (χ0v) is 40.7. The Morgan fingerprint density at radius 3 is 1.57 bits per heavy atom. The van der Waals surface area contributed by atoms with Crippen molar-refractivity contribution in [2.45, 2.75) is 81.4 Å². The standard InChI is InChI=1S/C33H33.C13H10Cl4.C5H5.2ClH.Zr/c1-32(2,3)30-20-26-24(18-28(30)22-13-9-7-10-14-22)17-25-19-29(23-15-11-8-12-16-23)31(21-27(25)26)33(4,5)6;14-10-3-1-5-12(16,7-10)9-13(17)6-2-4-11(15)8-13;1-2-4-5-3-1;;;/h7-16,18,20-21H,17H2,1-6H3;1-6H,7-8H2;1-5H;2*1H;/q-1;;-1;;;+2/p-2. The Hall–Kier alpha value is -2.32. The van der Waals surface area contributed by atoms with Crippen molar-refractivity contribution in [1.29, 1.82) is 0 Å². The molecule has 0 bridgehead atoms. The molecular weight excluding hydrogens is 917 g/mol. The summed E-state index contributed by atoms with van der Waals surface area (Å²) in [4.78, 5) is -1.21. The van der Waals surface area contributed by atoms with Crippen LogP contribution < -0.4 is 24.8 Å². The van der Waals surface area contributed by atoms with Gasteiger partial charge in [-0.25, -0.2) is 12.1 Å². The molecule has 300 valence electrons. The van der Waals surface area contributed by atoms with Crippen LogP contribution in [0.25, 0.3) is 33.4 Å². The van der Waals surface area contributed by atoms with Crippen LogP contribution >= 0.6 is 46.4 Å². The first-order chi connectivity index (χ1) is 26.5. The van der Waals surface area contributed by atoms with Crippen LogP contribution in [0.5, 0.6) is 0 Å². The fraction of sp³-hybridized carbons (Fsp3) is 0.255. The molecule has 7 heteroatoms. The van der Waals surface area contributed by atoms with Crippen LogP contribution in [0, 0.1) is 6.07 Å². The van der Waals surface area contributed by atoms with Gasteiger partial charge in [-0.1, -0.05) is 131 Å². The molecule has 0 amide bonds. The Bertz CT molecular complexity index is 2140. The molecule has 0 radical (unpaired) electrons. The summed E-state index contributed by atoms with van der Waals surface area (Å²) in [5.41, 5.74) is 13.5. The van der Waals surface area contributed by atoms with E-state index in [4.69, 9.17) is 46.4 Å². The molecule has 0 nitrogen and oxygen atoms in total. The Kier molecular flexibility index (Phi) is 16.7. The van der Waals surface area contributed by atoms with E-state index in [0.29, 0.717) is 12.8 Å². The van der Waals surface area contributed by atoms with Gasteiger partial charge in [-0.15, -0.1) is 28.8 Å². The normalized spacial score (nSPS) is 19.0. The van der Waals surface area contributed by atoms with Crippen molar-refractivity contribution in [3.8, 4) is 33.4 Å². The maximum atomic E-state index is 6.68. The second-order valence-electron chi connectivity index (χ2n) is 16.8. The molecule has 8 rings (SSSR count). The van der Waals surface area contributed by atoms with E-state index in [1.165, 1.54) is 79.9 Å². The summed E-state index contributed by atoms with van der Waals surface area (Å²) in [6, 6.07) is 42.8. The molecule has 3 aliphatic rings. The van der Waals surface area contributed by atoms with Crippen LogP contribution in [-0.4, -0.2) is 13.0 Å². The van der Waals surface area contributed by atoms with E-state index >= 15 is 0 Å². The molecule has 0 aliphatic heterocycles. The zero-order chi connectivity index (χ0) is 40.3. The van der Waals surface area contributed by atoms with Crippen LogP contribution in [0.15, 0.2) is 156 Å². The van der Waals surface area contributed by atoms with Gasteiger partial charge in [0.2, 0.25) is 0 Å². The van der Waals surface area contributed by atoms with Crippen molar-refractivity contribution in [2.75, 3.05) is 0 Å². The molecule has 2 atom stereocenters. The molecule has 0 fully saturated rings. The van der Waals surface area contributed by atoms with Gasteiger partial charge in [0, 0.05) is 0 Å². The third-order valence-corrected chi connectivity index (χ3v) is 14.7. The van der Waals surface area contributed by atoms with Crippen LogP contribution in [-0.2, 0) is 41.5 Å². The van der Waals surface area contributed by atoms with Gasteiger partial charge in [0.1, 0.15) is 0 Å². The molecule has 0 aromatic heterocycles. The molecule has 58 heavy (non-hydrogen) atoms. The van der Waals surface area contributed by atoms with E-state index in [1.807, 2.05) is 66.8 Å². The summed E-state index contributed by atoms with van der Waals surface area (Å²) in [6.07, 6.45) is 13.5. The fourth-order valence-electron chi connectivity index (χ4n) is 7.45. The minimum absolute atomic E-state index is 0. The van der Waals surface area contributed by atoms with E-state index in [9.17, 15) is 0 Å². The number of halogens is 6. The molecule has 0 saturated heterocycles. The zero-order valence-electron chi connectivity index (χ0n) is 33.7. The van der Waals surface area contributed by atoms with Gasteiger partial charge in [0.25, 0.3) is 0 Å². The Morgan fingerprint density at radius 1 is 0.638 bits per heavy atom. The SMILES string of the molecule is CC(C)(C)c1cc2c([c-]c1-c1ccccc1)Cc1cc(-c3ccccc3)c(C(C)(C)C)cc1-2.ClC1=CC=CC(Cl)([C](=[Zr+2])C2(Cl)C=CC=C(Cl)C2)C1.[Cl-].[Cl-].c1cc[cH-]c1. The molecule has 5 aromatic rings. The molecule has 0 spiro atoms. The van der Waals surface area contributed by atoms with Crippen LogP contribution in [0.3, 0.4) is 0 Å². The summed E-state index contributed by atoms with van der Waals surface area (Å²) >= 11 is 26.7. The third-order valence-electron chi connectivity index (χ3n) is 10.3. The first-order valence-electron chi connectivity index (χ1n) is 19.1. The Balaban J connectivity index is 0.000000250. The average Bonchev–Trinajstić information content (AvgIpc) is 3.86. The molecule has 2 unspecified atom stereocenters. The molecule has 3 aliphatic carbocycles. The van der Waals surface area contributed by atoms with Crippen molar-refractivity contribution in [2.24, 2.45) is 0 Å². The van der Waals surface area contributed by atoms with Crippen molar-refractivity contribution in [1.82, 2.24) is 0 Å². The van der Waals surface area contributed by atoms with Crippen LogP contribution in [0.1, 0.15) is 76.6 Å². The topological polar surface area (TPSA) is 0 Å². The van der Waals surface area contributed by atoms with Gasteiger partial charge in [0.15, 0.2) is 0 Å². The second kappa shape index (κ2) is 20.0. The van der Waals surface area contributed by atoms with Gasteiger partial charge in [-0.2, -0.15) is 18.2 Å². The molecule has 5 aromatic carbocycles. The number of benzene rings is 4. The van der Waals surface area contributed by atoms with E-state index in [0.717, 1.165) is 19.7 Å². The third kappa shape index (κ3) is 11.3. The van der Waals surface area contributed by atoms with Crippen molar-refractivity contribution < 1.29 is 49.0 Å². The summed E-state index contributed by atoms with van der Waals surface area (Å²) in [5.74, 6) is 0. The quantitative estimate of drug-likeness (QED) is 0.122. The van der Waals surface area contributed by atoms with Gasteiger partial charge >= 0.3 is 143 Å². The number of hydrogen-bond acceptors (Lipinski definition) is 0. The number of fused-ring (bicyclic) bond motifs is 3. The maximum absolute atomic E-state index is 6.68. The first kappa shape index (κ1) is 48.4.